The van der Waals surface area contributed by atoms with Crippen LogP contribution in [0.3, 0.4) is 0 Å². The van der Waals surface area contributed by atoms with E-state index in [1.165, 1.54) is 18.2 Å². The lowest BCUT2D eigenvalue weighted by Gasteiger charge is -2.30. The molecule has 1 aromatic rings. The Hall–Kier alpha value is -2.97. The van der Waals surface area contributed by atoms with E-state index in [0.717, 1.165) is 18.9 Å². The van der Waals surface area contributed by atoms with Crippen LogP contribution in [0, 0.1) is 16.0 Å². The van der Waals surface area contributed by atoms with Crippen molar-refractivity contribution in [3.8, 4) is 0 Å². The lowest BCUT2D eigenvalue weighted by Crippen LogP contribution is -2.42. The molecule has 9 nitrogen and oxygen atoms in total. The number of esters is 1. The molecule has 0 spiro atoms. The molecule has 0 aromatic heterocycles. The zero-order chi connectivity index (χ0) is 19.1. The van der Waals surface area contributed by atoms with Gasteiger partial charge in [0, 0.05) is 30.8 Å². The van der Waals surface area contributed by atoms with Crippen molar-refractivity contribution in [1.29, 1.82) is 0 Å². The highest BCUT2D eigenvalue weighted by molar-refractivity contribution is 5.96. The van der Waals surface area contributed by atoms with Gasteiger partial charge in [0.1, 0.15) is 6.54 Å². The Kier molecular flexibility index (Phi) is 6.65. The molecule has 1 atom stereocenters. The summed E-state index contributed by atoms with van der Waals surface area (Å²) >= 11 is 0. The van der Waals surface area contributed by atoms with Crippen molar-refractivity contribution >= 4 is 23.5 Å². The Morgan fingerprint density at radius 2 is 2.15 bits per heavy atom. The molecule has 2 amide bonds. The SMILES string of the molecule is C[C@H]1CCCN(C(=O)COC(=O)CNC(=O)c2cccc([N+](=O)[O-])c2)C1. The fraction of sp³-hybridized carbons (Fsp3) is 0.471. The van der Waals surface area contributed by atoms with E-state index in [0.29, 0.717) is 19.0 Å². The molecule has 0 bridgehead atoms. The summed E-state index contributed by atoms with van der Waals surface area (Å²) in [4.78, 5) is 47.4. The molecule has 1 N–H and O–H groups in total. The number of benzene rings is 1. The van der Waals surface area contributed by atoms with Crippen LogP contribution in [0.1, 0.15) is 30.1 Å². The molecule has 140 valence electrons. The number of non-ortho nitro benzene ring substituents is 1. The van der Waals surface area contributed by atoms with E-state index in [2.05, 4.69) is 12.2 Å². The minimum absolute atomic E-state index is 0.0605. The zero-order valence-corrected chi connectivity index (χ0v) is 14.5. The summed E-state index contributed by atoms with van der Waals surface area (Å²) in [5, 5.41) is 13.0. The highest BCUT2D eigenvalue weighted by Crippen LogP contribution is 2.15. The number of rotatable bonds is 6. The number of nitro groups is 1. The number of nitrogens with zero attached hydrogens (tertiary/aromatic N) is 2. The van der Waals surface area contributed by atoms with Crippen LogP contribution >= 0.6 is 0 Å². The number of hydrogen-bond donors (Lipinski definition) is 1. The summed E-state index contributed by atoms with van der Waals surface area (Å²) in [7, 11) is 0. The van der Waals surface area contributed by atoms with Gasteiger partial charge in [-0.2, -0.15) is 0 Å². The number of amides is 2. The molecule has 1 aromatic carbocycles. The summed E-state index contributed by atoms with van der Waals surface area (Å²) in [6.45, 7) is 2.59. The van der Waals surface area contributed by atoms with Gasteiger partial charge in [-0.15, -0.1) is 0 Å². The number of nitrogens with one attached hydrogen (secondary N) is 1. The number of ether oxygens (including phenoxy) is 1. The molecule has 0 radical (unpaired) electrons. The van der Waals surface area contributed by atoms with Crippen molar-refractivity contribution in [3.05, 3.63) is 39.9 Å². The number of carbonyl (C=O) groups excluding carboxylic acids is 3. The van der Waals surface area contributed by atoms with Crippen molar-refractivity contribution in [3.63, 3.8) is 0 Å². The first-order chi connectivity index (χ1) is 12.4. The van der Waals surface area contributed by atoms with Gasteiger partial charge in [-0.05, 0) is 24.8 Å². The van der Waals surface area contributed by atoms with Crippen LogP contribution < -0.4 is 5.32 Å². The molecule has 1 saturated heterocycles. The molecule has 0 aliphatic carbocycles. The summed E-state index contributed by atoms with van der Waals surface area (Å²) in [6, 6.07) is 5.15. The third-order valence-corrected chi connectivity index (χ3v) is 4.08. The second-order valence-electron chi connectivity index (χ2n) is 6.24. The van der Waals surface area contributed by atoms with Gasteiger partial charge in [-0.1, -0.05) is 13.0 Å². The maximum Gasteiger partial charge on any atom is 0.325 e. The van der Waals surface area contributed by atoms with Crippen LogP contribution in [0.2, 0.25) is 0 Å². The minimum atomic E-state index is -0.748. The number of likely N-dealkylation sites (tertiary alicyclic amines) is 1. The summed E-state index contributed by atoms with van der Waals surface area (Å²) in [5.41, 5.74) is -0.160. The van der Waals surface area contributed by atoms with Crippen molar-refractivity contribution in [2.24, 2.45) is 5.92 Å². The Balaban J connectivity index is 1.76. The molecule has 1 aliphatic heterocycles. The lowest BCUT2D eigenvalue weighted by atomic mass is 10.0. The summed E-state index contributed by atoms with van der Waals surface area (Å²) in [6.07, 6.45) is 2.01. The Morgan fingerprint density at radius 3 is 2.85 bits per heavy atom. The third kappa shape index (κ3) is 5.54. The predicted molar refractivity (Wildman–Crippen MR) is 91.4 cm³/mol. The van der Waals surface area contributed by atoms with Crippen molar-refractivity contribution in [1.82, 2.24) is 10.2 Å². The van der Waals surface area contributed by atoms with E-state index >= 15 is 0 Å². The topological polar surface area (TPSA) is 119 Å². The maximum atomic E-state index is 12.0. The zero-order valence-electron chi connectivity index (χ0n) is 14.5. The van der Waals surface area contributed by atoms with Gasteiger partial charge in [-0.3, -0.25) is 24.5 Å². The molecule has 1 heterocycles. The van der Waals surface area contributed by atoms with Gasteiger partial charge >= 0.3 is 5.97 Å². The van der Waals surface area contributed by atoms with E-state index in [-0.39, 0.29) is 23.8 Å². The largest absolute Gasteiger partial charge is 0.454 e. The molecule has 1 aliphatic rings. The number of hydrogen-bond acceptors (Lipinski definition) is 6. The van der Waals surface area contributed by atoms with Crippen LogP contribution in [-0.2, 0) is 14.3 Å². The van der Waals surface area contributed by atoms with Crippen LogP contribution in [0.4, 0.5) is 5.69 Å². The normalized spacial score (nSPS) is 16.7. The Bertz CT molecular complexity index is 705. The molecule has 26 heavy (non-hydrogen) atoms. The van der Waals surface area contributed by atoms with Crippen LogP contribution in [0.25, 0.3) is 0 Å². The molecular weight excluding hydrogens is 342 g/mol. The number of piperidine rings is 1. The highest BCUT2D eigenvalue weighted by Gasteiger charge is 2.22. The highest BCUT2D eigenvalue weighted by atomic mass is 16.6. The fourth-order valence-electron chi connectivity index (χ4n) is 2.72. The standard InChI is InChI=1S/C17H21N3O6/c1-12-4-3-7-19(10-12)15(21)11-26-16(22)9-18-17(23)13-5-2-6-14(8-13)20(24)25/h2,5-6,8,12H,3-4,7,9-11H2,1H3,(H,18,23)/t12-/m0/s1. The van der Waals surface area contributed by atoms with Crippen molar-refractivity contribution in [2.75, 3.05) is 26.2 Å². The first-order valence-electron chi connectivity index (χ1n) is 8.33. The van der Waals surface area contributed by atoms with Gasteiger partial charge < -0.3 is 15.0 Å². The van der Waals surface area contributed by atoms with Gasteiger partial charge in [0.15, 0.2) is 6.61 Å². The van der Waals surface area contributed by atoms with Gasteiger partial charge in [-0.25, -0.2) is 0 Å². The Morgan fingerprint density at radius 1 is 1.38 bits per heavy atom. The van der Waals surface area contributed by atoms with E-state index in [1.807, 2.05) is 0 Å². The summed E-state index contributed by atoms with van der Waals surface area (Å²) in [5.74, 6) is -1.21. The van der Waals surface area contributed by atoms with Crippen LogP contribution in [0.5, 0.6) is 0 Å². The van der Waals surface area contributed by atoms with E-state index in [1.54, 1.807) is 4.90 Å². The quantitative estimate of drug-likeness (QED) is 0.460. The molecule has 0 saturated carbocycles. The average molecular weight is 363 g/mol. The molecule has 9 heteroatoms. The maximum absolute atomic E-state index is 12.0. The fourth-order valence-corrected chi connectivity index (χ4v) is 2.72. The molecule has 2 rings (SSSR count). The number of nitro benzene ring substituents is 1. The van der Waals surface area contributed by atoms with E-state index < -0.39 is 23.3 Å². The molecule has 1 fully saturated rings. The third-order valence-electron chi connectivity index (χ3n) is 4.08. The van der Waals surface area contributed by atoms with Gasteiger partial charge in [0.05, 0.1) is 4.92 Å². The minimum Gasteiger partial charge on any atom is -0.454 e. The second kappa shape index (κ2) is 8.93. The molecular formula is C17H21N3O6. The van der Waals surface area contributed by atoms with Gasteiger partial charge in [0.25, 0.3) is 17.5 Å². The smallest absolute Gasteiger partial charge is 0.325 e. The average Bonchev–Trinajstić information content (AvgIpc) is 2.64. The van der Waals surface area contributed by atoms with Crippen molar-refractivity contribution < 1.29 is 24.0 Å². The van der Waals surface area contributed by atoms with Crippen molar-refractivity contribution in [2.45, 2.75) is 19.8 Å². The first-order valence-corrected chi connectivity index (χ1v) is 8.33. The van der Waals surface area contributed by atoms with Gasteiger partial charge in [0.2, 0.25) is 0 Å². The predicted octanol–water partition coefficient (Wildman–Crippen LogP) is 1.13. The second-order valence-corrected chi connectivity index (χ2v) is 6.24. The van der Waals surface area contributed by atoms with E-state index in [9.17, 15) is 24.5 Å². The number of carbonyl (C=O) groups is 3. The van der Waals surface area contributed by atoms with Crippen LogP contribution in [-0.4, -0.2) is 53.8 Å². The monoisotopic (exact) mass is 363 g/mol. The lowest BCUT2D eigenvalue weighted by molar-refractivity contribution is -0.384. The molecule has 0 unspecified atom stereocenters. The Labute approximate surface area is 150 Å². The van der Waals surface area contributed by atoms with Crippen LogP contribution in [0.15, 0.2) is 24.3 Å². The summed E-state index contributed by atoms with van der Waals surface area (Å²) < 4.78 is 4.89. The first kappa shape index (κ1) is 19.4. The van der Waals surface area contributed by atoms with E-state index in [4.69, 9.17) is 4.74 Å².